The van der Waals surface area contributed by atoms with Crippen molar-refractivity contribution in [1.82, 2.24) is 14.8 Å². The number of aromatic nitrogens is 3. The Kier molecular flexibility index (Phi) is 6.57. The van der Waals surface area contributed by atoms with Crippen molar-refractivity contribution in [3.63, 3.8) is 0 Å². The molecular weight excluding hydrogens is 417 g/mol. The van der Waals surface area contributed by atoms with E-state index in [9.17, 15) is 4.79 Å². The number of nitrogens with zero attached hydrogens (tertiary/aromatic N) is 4. The highest BCUT2D eigenvalue weighted by Crippen LogP contribution is 2.31. The maximum Gasteiger partial charge on any atom is 0.234 e. The summed E-state index contributed by atoms with van der Waals surface area (Å²) >= 11 is 13.5. The molecule has 142 valence electrons. The average molecular weight is 432 g/mol. The molecular formula is C19H15Cl2N5OS. The van der Waals surface area contributed by atoms with E-state index in [-0.39, 0.29) is 11.7 Å². The van der Waals surface area contributed by atoms with Gasteiger partial charge < -0.3 is 9.88 Å². The van der Waals surface area contributed by atoms with Crippen LogP contribution in [0.1, 0.15) is 12.5 Å². The summed E-state index contributed by atoms with van der Waals surface area (Å²) in [6, 6.07) is 13.9. The third-order valence-corrected chi connectivity index (χ3v) is 5.35. The lowest BCUT2D eigenvalue weighted by molar-refractivity contribution is -0.113. The standard InChI is InChI=1S/C19H15Cl2N5OS/c1-2-26-18(15-8-5-13(20)9-16(15)21)24-25-19(26)28-11-17(27)23-14-6-3-12(10-22)4-7-14/h3-9H,2,11H2,1H3,(H,23,27). The number of benzene rings is 2. The second-order valence-electron chi connectivity index (χ2n) is 5.70. The van der Waals surface area contributed by atoms with E-state index < -0.39 is 0 Å². The third-order valence-electron chi connectivity index (χ3n) is 3.84. The van der Waals surface area contributed by atoms with Crippen LogP contribution in [-0.4, -0.2) is 26.4 Å². The molecule has 0 unspecified atom stereocenters. The van der Waals surface area contributed by atoms with Crippen LogP contribution < -0.4 is 5.32 Å². The molecule has 1 aromatic heterocycles. The zero-order valence-corrected chi connectivity index (χ0v) is 17.1. The highest BCUT2D eigenvalue weighted by Gasteiger charge is 2.17. The van der Waals surface area contributed by atoms with Gasteiger partial charge in [0, 0.05) is 22.8 Å². The smallest absolute Gasteiger partial charge is 0.234 e. The fourth-order valence-electron chi connectivity index (χ4n) is 2.51. The number of nitrogens with one attached hydrogen (secondary N) is 1. The minimum absolute atomic E-state index is 0.173. The molecule has 0 spiro atoms. The van der Waals surface area contributed by atoms with Gasteiger partial charge in [-0.3, -0.25) is 4.79 Å². The van der Waals surface area contributed by atoms with Crippen LogP contribution in [-0.2, 0) is 11.3 Å². The van der Waals surface area contributed by atoms with Gasteiger partial charge in [-0.15, -0.1) is 10.2 Å². The molecule has 1 heterocycles. The summed E-state index contributed by atoms with van der Waals surface area (Å²) < 4.78 is 1.90. The number of carbonyl (C=O) groups excluding carboxylic acids is 1. The summed E-state index contributed by atoms with van der Waals surface area (Å²) in [5, 5.41) is 21.7. The van der Waals surface area contributed by atoms with E-state index in [0.717, 1.165) is 5.56 Å². The van der Waals surface area contributed by atoms with Gasteiger partial charge in [-0.2, -0.15) is 5.26 Å². The highest BCUT2D eigenvalue weighted by molar-refractivity contribution is 7.99. The molecule has 0 fully saturated rings. The summed E-state index contributed by atoms with van der Waals surface area (Å²) in [4.78, 5) is 12.2. The molecule has 0 aliphatic heterocycles. The number of hydrogen-bond donors (Lipinski definition) is 1. The molecule has 6 nitrogen and oxygen atoms in total. The fraction of sp³-hybridized carbons (Fsp3) is 0.158. The molecule has 0 aliphatic carbocycles. The number of hydrogen-bond acceptors (Lipinski definition) is 5. The zero-order valence-electron chi connectivity index (χ0n) is 14.8. The van der Waals surface area contributed by atoms with Crippen molar-refractivity contribution in [1.29, 1.82) is 5.26 Å². The van der Waals surface area contributed by atoms with Gasteiger partial charge in [0.15, 0.2) is 11.0 Å². The van der Waals surface area contributed by atoms with E-state index in [1.165, 1.54) is 11.8 Å². The molecule has 0 saturated heterocycles. The molecule has 28 heavy (non-hydrogen) atoms. The van der Waals surface area contributed by atoms with Gasteiger partial charge in [-0.1, -0.05) is 35.0 Å². The van der Waals surface area contributed by atoms with Gasteiger partial charge in [0.1, 0.15) is 0 Å². The quantitative estimate of drug-likeness (QED) is 0.562. The number of nitriles is 1. The molecule has 1 amide bonds. The van der Waals surface area contributed by atoms with E-state index in [0.29, 0.717) is 38.8 Å². The lowest BCUT2D eigenvalue weighted by Crippen LogP contribution is -2.14. The van der Waals surface area contributed by atoms with E-state index in [4.69, 9.17) is 28.5 Å². The van der Waals surface area contributed by atoms with E-state index in [2.05, 4.69) is 15.5 Å². The Balaban J connectivity index is 1.70. The van der Waals surface area contributed by atoms with Crippen molar-refractivity contribution in [2.45, 2.75) is 18.6 Å². The first kappa shape index (κ1) is 20.2. The van der Waals surface area contributed by atoms with Crippen molar-refractivity contribution < 1.29 is 4.79 Å². The maximum absolute atomic E-state index is 12.2. The minimum atomic E-state index is -0.175. The predicted octanol–water partition coefficient (Wildman–Crippen LogP) is 4.87. The number of thioether (sulfide) groups is 1. The Labute approximate surface area is 176 Å². The van der Waals surface area contributed by atoms with Crippen LogP contribution in [0.3, 0.4) is 0 Å². The number of carbonyl (C=O) groups is 1. The number of anilines is 1. The van der Waals surface area contributed by atoms with Crippen LogP contribution in [0.25, 0.3) is 11.4 Å². The Morgan fingerprint density at radius 3 is 2.61 bits per heavy atom. The first-order chi connectivity index (χ1) is 13.5. The lowest BCUT2D eigenvalue weighted by atomic mass is 10.2. The van der Waals surface area contributed by atoms with Crippen molar-refractivity contribution in [2.24, 2.45) is 0 Å². The topological polar surface area (TPSA) is 83.6 Å². The molecule has 0 atom stereocenters. The van der Waals surface area contributed by atoms with Crippen LogP contribution in [0.5, 0.6) is 0 Å². The van der Waals surface area contributed by atoms with Crippen LogP contribution in [0, 0.1) is 11.3 Å². The zero-order chi connectivity index (χ0) is 20.1. The Morgan fingerprint density at radius 1 is 1.21 bits per heavy atom. The molecule has 1 N–H and O–H groups in total. The normalized spacial score (nSPS) is 10.5. The minimum Gasteiger partial charge on any atom is -0.325 e. The molecule has 3 aromatic rings. The third kappa shape index (κ3) is 4.65. The Morgan fingerprint density at radius 2 is 1.96 bits per heavy atom. The number of rotatable bonds is 6. The van der Waals surface area contributed by atoms with Crippen molar-refractivity contribution in [2.75, 3.05) is 11.1 Å². The molecule has 9 heteroatoms. The molecule has 0 aliphatic rings. The second kappa shape index (κ2) is 9.11. The predicted molar refractivity (Wildman–Crippen MR) is 112 cm³/mol. The molecule has 0 bridgehead atoms. The van der Waals surface area contributed by atoms with Crippen molar-refractivity contribution in [3.05, 3.63) is 58.1 Å². The van der Waals surface area contributed by atoms with Crippen LogP contribution in [0.15, 0.2) is 47.6 Å². The monoisotopic (exact) mass is 431 g/mol. The maximum atomic E-state index is 12.2. The van der Waals surface area contributed by atoms with E-state index in [1.54, 1.807) is 42.5 Å². The van der Waals surface area contributed by atoms with Gasteiger partial charge in [0.25, 0.3) is 0 Å². The van der Waals surface area contributed by atoms with E-state index in [1.807, 2.05) is 17.6 Å². The van der Waals surface area contributed by atoms with Crippen molar-refractivity contribution >= 4 is 46.6 Å². The lowest BCUT2D eigenvalue weighted by Gasteiger charge is -2.09. The Hall–Kier alpha value is -2.53. The molecule has 0 radical (unpaired) electrons. The summed E-state index contributed by atoms with van der Waals surface area (Å²) in [6.07, 6.45) is 0. The summed E-state index contributed by atoms with van der Waals surface area (Å²) in [5.74, 6) is 0.623. The molecule has 0 saturated carbocycles. The second-order valence-corrected chi connectivity index (χ2v) is 7.49. The summed E-state index contributed by atoms with van der Waals surface area (Å²) in [5.41, 5.74) is 1.90. The Bertz CT molecular complexity index is 1040. The van der Waals surface area contributed by atoms with Crippen molar-refractivity contribution in [3.8, 4) is 17.5 Å². The number of halogens is 2. The number of amides is 1. The van der Waals surface area contributed by atoms with Gasteiger partial charge in [-0.05, 0) is 49.4 Å². The fourth-order valence-corrected chi connectivity index (χ4v) is 3.80. The van der Waals surface area contributed by atoms with Crippen LogP contribution in [0.2, 0.25) is 10.0 Å². The highest BCUT2D eigenvalue weighted by atomic mass is 35.5. The van der Waals surface area contributed by atoms with Gasteiger partial charge >= 0.3 is 0 Å². The van der Waals surface area contributed by atoms with Crippen LogP contribution >= 0.6 is 35.0 Å². The van der Waals surface area contributed by atoms with Gasteiger partial charge in [0.2, 0.25) is 5.91 Å². The van der Waals surface area contributed by atoms with Crippen LogP contribution in [0.4, 0.5) is 5.69 Å². The summed E-state index contributed by atoms with van der Waals surface area (Å²) in [7, 11) is 0. The van der Waals surface area contributed by atoms with Gasteiger partial charge in [-0.25, -0.2) is 0 Å². The largest absolute Gasteiger partial charge is 0.325 e. The van der Waals surface area contributed by atoms with Gasteiger partial charge in [0.05, 0.1) is 22.4 Å². The first-order valence-corrected chi connectivity index (χ1v) is 10.1. The van der Waals surface area contributed by atoms with E-state index >= 15 is 0 Å². The first-order valence-electron chi connectivity index (χ1n) is 8.33. The summed E-state index contributed by atoms with van der Waals surface area (Å²) in [6.45, 7) is 2.60. The SMILES string of the molecule is CCn1c(SCC(=O)Nc2ccc(C#N)cc2)nnc1-c1ccc(Cl)cc1Cl. The molecule has 2 aromatic carbocycles. The molecule has 3 rings (SSSR count). The average Bonchev–Trinajstić information content (AvgIpc) is 3.09.